The van der Waals surface area contributed by atoms with E-state index in [0.717, 1.165) is 20.1 Å². The van der Waals surface area contributed by atoms with Crippen molar-refractivity contribution in [1.82, 2.24) is 9.88 Å². The van der Waals surface area contributed by atoms with Crippen molar-refractivity contribution in [3.63, 3.8) is 0 Å². The number of fused-ring (bicyclic) bond motifs is 1. The van der Waals surface area contributed by atoms with Crippen LogP contribution in [0.5, 0.6) is 0 Å². The van der Waals surface area contributed by atoms with E-state index < -0.39 is 4.92 Å². The number of nitro groups is 1. The SMILES string of the molecule is O=C(Nc1ccc2nc(SCc3ccc([N+](=O)[O-])cc3)sc2c1)c1ccccc1C(=O)N1CCOCC1. The van der Waals surface area contributed by atoms with Crippen LogP contribution < -0.4 is 5.32 Å². The number of nitrogens with one attached hydrogen (secondary N) is 1. The van der Waals surface area contributed by atoms with Gasteiger partial charge in [0.05, 0.1) is 39.5 Å². The number of nitrogens with zero attached hydrogens (tertiary/aromatic N) is 3. The van der Waals surface area contributed by atoms with E-state index in [2.05, 4.69) is 10.3 Å². The first-order valence-electron chi connectivity index (χ1n) is 11.5. The molecular weight excluding hydrogens is 512 g/mol. The van der Waals surface area contributed by atoms with E-state index in [4.69, 9.17) is 4.74 Å². The molecule has 0 saturated carbocycles. The first kappa shape index (κ1) is 24.9. The minimum absolute atomic E-state index is 0.0661. The molecule has 11 heteroatoms. The molecule has 0 radical (unpaired) electrons. The molecule has 9 nitrogen and oxygen atoms in total. The number of carbonyl (C=O) groups is 2. The molecule has 0 bridgehead atoms. The maximum atomic E-state index is 13.1. The first-order chi connectivity index (χ1) is 18.0. The Morgan fingerprint density at radius 2 is 1.78 bits per heavy atom. The fourth-order valence-corrected chi connectivity index (χ4v) is 5.97. The lowest BCUT2D eigenvalue weighted by molar-refractivity contribution is -0.384. The van der Waals surface area contributed by atoms with Gasteiger partial charge in [0.25, 0.3) is 17.5 Å². The third kappa shape index (κ3) is 5.79. The first-order valence-corrected chi connectivity index (χ1v) is 13.3. The van der Waals surface area contributed by atoms with E-state index >= 15 is 0 Å². The Morgan fingerprint density at radius 1 is 1.05 bits per heavy atom. The predicted molar refractivity (Wildman–Crippen MR) is 143 cm³/mol. The lowest BCUT2D eigenvalue weighted by Gasteiger charge is -2.27. The molecule has 1 aromatic heterocycles. The second-order valence-electron chi connectivity index (χ2n) is 8.28. The van der Waals surface area contributed by atoms with E-state index in [-0.39, 0.29) is 17.5 Å². The molecule has 0 spiro atoms. The summed E-state index contributed by atoms with van der Waals surface area (Å²) in [5, 5.41) is 13.7. The number of hydrogen-bond donors (Lipinski definition) is 1. The molecule has 1 aliphatic rings. The van der Waals surface area contributed by atoms with Crippen molar-refractivity contribution >= 4 is 56.5 Å². The molecule has 1 saturated heterocycles. The molecule has 0 atom stereocenters. The van der Waals surface area contributed by atoms with E-state index in [1.54, 1.807) is 59.1 Å². The number of amides is 2. The summed E-state index contributed by atoms with van der Waals surface area (Å²) in [6.07, 6.45) is 0. The van der Waals surface area contributed by atoms with Gasteiger partial charge in [0.2, 0.25) is 0 Å². The number of aromatic nitrogens is 1. The minimum atomic E-state index is -0.415. The molecule has 1 N–H and O–H groups in total. The summed E-state index contributed by atoms with van der Waals surface area (Å²) in [7, 11) is 0. The Morgan fingerprint density at radius 3 is 2.51 bits per heavy atom. The maximum absolute atomic E-state index is 13.1. The smallest absolute Gasteiger partial charge is 0.269 e. The third-order valence-corrected chi connectivity index (χ3v) is 8.07. The number of carbonyl (C=O) groups excluding carboxylic acids is 2. The molecule has 0 aliphatic carbocycles. The Labute approximate surface area is 220 Å². The summed E-state index contributed by atoms with van der Waals surface area (Å²) >= 11 is 3.06. The maximum Gasteiger partial charge on any atom is 0.269 e. The highest BCUT2D eigenvalue weighted by Gasteiger charge is 2.23. The number of ether oxygens (including phenoxy) is 1. The summed E-state index contributed by atoms with van der Waals surface area (Å²) in [6.45, 7) is 1.98. The van der Waals surface area contributed by atoms with Gasteiger partial charge in [-0.1, -0.05) is 36.0 Å². The van der Waals surface area contributed by atoms with Gasteiger partial charge in [0, 0.05) is 36.7 Å². The summed E-state index contributed by atoms with van der Waals surface area (Å²) in [6, 6.07) is 18.8. The Bertz CT molecular complexity index is 1470. The van der Waals surface area contributed by atoms with Gasteiger partial charge in [-0.25, -0.2) is 4.98 Å². The molecular formula is C26H22N4O5S2. The number of rotatable bonds is 7. The number of anilines is 1. The van der Waals surface area contributed by atoms with Crippen LogP contribution in [0.2, 0.25) is 0 Å². The molecule has 1 aliphatic heterocycles. The quantitative estimate of drug-likeness (QED) is 0.196. The van der Waals surface area contributed by atoms with Gasteiger partial charge in [-0.05, 0) is 35.9 Å². The van der Waals surface area contributed by atoms with E-state index in [9.17, 15) is 19.7 Å². The van der Waals surface area contributed by atoms with Crippen molar-refractivity contribution in [1.29, 1.82) is 0 Å². The lowest BCUT2D eigenvalue weighted by Crippen LogP contribution is -2.41. The number of hydrogen-bond acceptors (Lipinski definition) is 8. The van der Waals surface area contributed by atoms with Gasteiger partial charge < -0.3 is 15.0 Å². The standard InChI is InChI=1S/C26H22N4O5S2/c31-24(20-3-1-2-4-21(20)25(32)29-11-13-35-14-12-29)27-18-7-10-22-23(15-18)37-26(28-22)36-16-17-5-8-19(9-6-17)30(33)34/h1-10,15H,11-14,16H2,(H,27,31). The highest BCUT2D eigenvalue weighted by molar-refractivity contribution is 8.00. The van der Waals surface area contributed by atoms with Gasteiger partial charge in [-0.3, -0.25) is 19.7 Å². The molecule has 5 rings (SSSR count). The van der Waals surface area contributed by atoms with Crippen LogP contribution in [-0.2, 0) is 10.5 Å². The van der Waals surface area contributed by atoms with Crippen LogP contribution in [0.3, 0.4) is 0 Å². The fraction of sp³-hybridized carbons (Fsp3) is 0.192. The van der Waals surface area contributed by atoms with Crippen molar-refractivity contribution < 1.29 is 19.2 Å². The number of nitro benzene ring substituents is 1. The van der Waals surface area contributed by atoms with Gasteiger partial charge in [-0.2, -0.15) is 0 Å². The number of thioether (sulfide) groups is 1. The number of thiazole rings is 1. The van der Waals surface area contributed by atoms with Gasteiger partial charge >= 0.3 is 0 Å². The second kappa shape index (κ2) is 11.1. The highest BCUT2D eigenvalue weighted by Crippen LogP contribution is 2.33. The summed E-state index contributed by atoms with van der Waals surface area (Å²) < 4.78 is 7.11. The Balaban J connectivity index is 1.27. The average molecular weight is 535 g/mol. The normalized spacial score (nSPS) is 13.5. The van der Waals surface area contributed by atoms with Crippen molar-refractivity contribution in [2.24, 2.45) is 0 Å². The highest BCUT2D eigenvalue weighted by atomic mass is 32.2. The topological polar surface area (TPSA) is 115 Å². The predicted octanol–water partition coefficient (Wildman–Crippen LogP) is 5.22. The summed E-state index contributed by atoms with van der Waals surface area (Å²) in [5.74, 6) is 0.102. The van der Waals surface area contributed by atoms with Crippen molar-refractivity contribution in [3.8, 4) is 0 Å². The molecule has 4 aromatic rings. The zero-order chi connectivity index (χ0) is 25.8. The van der Waals surface area contributed by atoms with Crippen LogP contribution in [0.4, 0.5) is 11.4 Å². The monoisotopic (exact) mass is 534 g/mol. The fourth-order valence-electron chi connectivity index (χ4n) is 3.90. The van der Waals surface area contributed by atoms with Crippen LogP contribution in [0.25, 0.3) is 10.2 Å². The minimum Gasteiger partial charge on any atom is -0.378 e. The van der Waals surface area contributed by atoms with E-state index in [1.807, 2.05) is 12.1 Å². The molecule has 37 heavy (non-hydrogen) atoms. The number of non-ortho nitro benzene ring substituents is 1. The van der Waals surface area contributed by atoms with Crippen LogP contribution in [0.1, 0.15) is 26.3 Å². The zero-order valence-corrected chi connectivity index (χ0v) is 21.2. The molecule has 2 heterocycles. The molecule has 2 amide bonds. The molecule has 3 aromatic carbocycles. The largest absolute Gasteiger partial charge is 0.378 e. The molecule has 188 valence electrons. The number of benzene rings is 3. The van der Waals surface area contributed by atoms with Gasteiger partial charge in [0.1, 0.15) is 0 Å². The average Bonchev–Trinajstić information content (AvgIpc) is 3.34. The number of morpholine rings is 1. The summed E-state index contributed by atoms with van der Waals surface area (Å²) in [5.41, 5.74) is 3.15. The van der Waals surface area contributed by atoms with Crippen molar-refractivity contribution in [2.75, 3.05) is 31.6 Å². The third-order valence-electron chi connectivity index (χ3n) is 5.84. The van der Waals surface area contributed by atoms with Crippen molar-refractivity contribution in [2.45, 2.75) is 10.1 Å². The van der Waals surface area contributed by atoms with Crippen LogP contribution in [0, 0.1) is 10.1 Å². The molecule has 0 unspecified atom stereocenters. The Hall–Kier alpha value is -3.80. The molecule has 1 fully saturated rings. The van der Waals surface area contributed by atoms with Gasteiger partial charge in [-0.15, -0.1) is 11.3 Å². The van der Waals surface area contributed by atoms with Crippen molar-refractivity contribution in [3.05, 3.63) is 93.5 Å². The second-order valence-corrected chi connectivity index (χ2v) is 10.5. The van der Waals surface area contributed by atoms with Crippen LogP contribution in [-0.4, -0.2) is 52.9 Å². The van der Waals surface area contributed by atoms with Crippen LogP contribution in [0.15, 0.2) is 71.1 Å². The summed E-state index contributed by atoms with van der Waals surface area (Å²) in [4.78, 5) is 42.9. The van der Waals surface area contributed by atoms with Gasteiger partial charge in [0.15, 0.2) is 4.34 Å². The lowest BCUT2D eigenvalue weighted by atomic mass is 10.0. The Kier molecular flexibility index (Phi) is 7.45. The van der Waals surface area contributed by atoms with Crippen LogP contribution >= 0.6 is 23.1 Å². The van der Waals surface area contributed by atoms with E-state index in [1.165, 1.54) is 23.5 Å². The van der Waals surface area contributed by atoms with E-state index in [0.29, 0.717) is 48.9 Å². The zero-order valence-electron chi connectivity index (χ0n) is 19.6.